The van der Waals surface area contributed by atoms with Gasteiger partial charge in [0.15, 0.2) is 5.75 Å². The van der Waals surface area contributed by atoms with E-state index in [0.717, 1.165) is 10.9 Å². The molecule has 1 aliphatic heterocycles. The Kier molecular flexibility index (Phi) is 5.73. The molecule has 6 nitrogen and oxygen atoms in total. The second-order valence-corrected chi connectivity index (χ2v) is 7.47. The van der Waals surface area contributed by atoms with Crippen molar-refractivity contribution in [3.8, 4) is 11.6 Å². The van der Waals surface area contributed by atoms with Crippen molar-refractivity contribution in [1.29, 1.82) is 0 Å². The predicted octanol–water partition coefficient (Wildman–Crippen LogP) is 3.49. The van der Waals surface area contributed by atoms with Crippen LogP contribution in [0.25, 0.3) is 0 Å². The molecule has 0 aromatic carbocycles. The molecule has 0 N–H and O–H groups in total. The molecule has 0 bridgehead atoms. The van der Waals surface area contributed by atoms with Gasteiger partial charge in [-0.05, 0) is 43.1 Å². The van der Waals surface area contributed by atoms with Crippen molar-refractivity contribution in [2.75, 3.05) is 26.8 Å². The van der Waals surface area contributed by atoms with Crippen LogP contribution in [0.5, 0.6) is 11.6 Å². The molecule has 1 aromatic rings. The average molecular weight is 387 g/mol. The Labute approximate surface area is 145 Å². The predicted molar refractivity (Wildman–Crippen MR) is 89.9 cm³/mol. The summed E-state index contributed by atoms with van der Waals surface area (Å²) < 4.78 is 17.2. The van der Waals surface area contributed by atoms with Gasteiger partial charge < -0.3 is 19.1 Å². The SMILES string of the molecule is COc1ncc(Br)cc1OC[C@@H]1CCN(C(=O)OC(C)(C)C)C1. The molecule has 128 valence electrons. The van der Waals surface area contributed by atoms with E-state index in [2.05, 4.69) is 20.9 Å². The third kappa shape index (κ3) is 5.27. The molecule has 1 aromatic heterocycles. The third-order valence-corrected chi connectivity index (χ3v) is 3.82. The van der Waals surface area contributed by atoms with Crippen LogP contribution in [0.15, 0.2) is 16.7 Å². The van der Waals surface area contributed by atoms with Crippen molar-refractivity contribution in [2.24, 2.45) is 5.92 Å². The van der Waals surface area contributed by atoms with Gasteiger partial charge >= 0.3 is 6.09 Å². The fraction of sp³-hybridized carbons (Fsp3) is 0.625. The maximum Gasteiger partial charge on any atom is 0.410 e. The zero-order valence-electron chi connectivity index (χ0n) is 14.0. The third-order valence-electron chi connectivity index (χ3n) is 3.39. The number of amides is 1. The highest BCUT2D eigenvalue weighted by Gasteiger charge is 2.30. The molecule has 23 heavy (non-hydrogen) atoms. The summed E-state index contributed by atoms with van der Waals surface area (Å²) in [5.41, 5.74) is -0.471. The zero-order valence-corrected chi connectivity index (χ0v) is 15.6. The largest absolute Gasteiger partial charge is 0.488 e. The van der Waals surface area contributed by atoms with Gasteiger partial charge in [-0.15, -0.1) is 0 Å². The topological polar surface area (TPSA) is 60.9 Å². The van der Waals surface area contributed by atoms with E-state index in [0.29, 0.717) is 31.3 Å². The normalized spacial score (nSPS) is 18.0. The van der Waals surface area contributed by atoms with Crippen LogP contribution in [0.4, 0.5) is 4.79 Å². The van der Waals surface area contributed by atoms with Crippen LogP contribution < -0.4 is 9.47 Å². The fourth-order valence-corrected chi connectivity index (χ4v) is 2.64. The minimum absolute atomic E-state index is 0.262. The highest BCUT2D eigenvalue weighted by atomic mass is 79.9. The van der Waals surface area contributed by atoms with Gasteiger partial charge in [0.25, 0.3) is 5.88 Å². The van der Waals surface area contributed by atoms with Crippen molar-refractivity contribution in [3.05, 3.63) is 16.7 Å². The smallest absolute Gasteiger partial charge is 0.410 e. The van der Waals surface area contributed by atoms with E-state index in [-0.39, 0.29) is 12.0 Å². The molecular formula is C16H23BrN2O4. The van der Waals surface area contributed by atoms with Crippen molar-refractivity contribution < 1.29 is 19.0 Å². The minimum atomic E-state index is -0.471. The van der Waals surface area contributed by atoms with Crippen molar-refractivity contribution in [2.45, 2.75) is 32.8 Å². The van der Waals surface area contributed by atoms with E-state index >= 15 is 0 Å². The van der Waals surface area contributed by atoms with Gasteiger partial charge in [-0.2, -0.15) is 0 Å². The van der Waals surface area contributed by atoms with Crippen LogP contribution in [0.3, 0.4) is 0 Å². The van der Waals surface area contributed by atoms with Gasteiger partial charge in [-0.1, -0.05) is 0 Å². The number of nitrogens with zero attached hydrogens (tertiary/aromatic N) is 2. The van der Waals surface area contributed by atoms with Crippen LogP contribution in [0.2, 0.25) is 0 Å². The molecule has 0 aliphatic carbocycles. The Balaban J connectivity index is 1.87. The number of hydrogen-bond donors (Lipinski definition) is 0. The second-order valence-electron chi connectivity index (χ2n) is 6.55. The highest BCUT2D eigenvalue weighted by molar-refractivity contribution is 9.10. The molecule has 1 fully saturated rings. The van der Waals surface area contributed by atoms with Crippen LogP contribution in [0, 0.1) is 5.92 Å². The molecule has 0 radical (unpaired) electrons. The summed E-state index contributed by atoms with van der Waals surface area (Å²) in [7, 11) is 1.56. The Morgan fingerprint density at radius 2 is 2.22 bits per heavy atom. The molecule has 0 saturated carbocycles. The van der Waals surface area contributed by atoms with E-state index in [1.54, 1.807) is 18.2 Å². The lowest BCUT2D eigenvalue weighted by Crippen LogP contribution is -2.35. The molecule has 1 atom stereocenters. The zero-order chi connectivity index (χ0) is 17.0. The van der Waals surface area contributed by atoms with E-state index in [1.165, 1.54) is 0 Å². The monoisotopic (exact) mass is 386 g/mol. The highest BCUT2D eigenvalue weighted by Crippen LogP contribution is 2.29. The lowest BCUT2D eigenvalue weighted by atomic mass is 10.1. The standard InChI is InChI=1S/C16H23BrN2O4/c1-16(2,3)23-15(20)19-6-5-11(9-19)10-22-13-7-12(17)8-18-14(13)21-4/h7-8,11H,5-6,9-10H2,1-4H3/t11-/m1/s1. The Morgan fingerprint density at radius 1 is 1.48 bits per heavy atom. The van der Waals surface area contributed by atoms with Crippen molar-refractivity contribution in [3.63, 3.8) is 0 Å². The number of carbonyl (C=O) groups excluding carboxylic acids is 1. The fourth-order valence-electron chi connectivity index (χ4n) is 2.33. The second kappa shape index (κ2) is 7.38. The van der Waals surface area contributed by atoms with Gasteiger partial charge in [0.1, 0.15) is 5.60 Å². The number of halogens is 1. The summed E-state index contributed by atoms with van der Waals surface area (Å²) >= 11 is 3.37. The minimum Gasteiger partial charge on any atom is -0.488 e. The summed E-state index contributed by atoms with van der Waals surface area (Å²) in [6.45, 7) is 7.44. The van der Waals surface area contributed by atoms with E-state index < -0.39 is 5.60 Å². The number of pyridine rings is 1. The first kappa shape index (κ1) is 17.8. The molecule has 1 aliphatic rings. The molecule has 2 heterocycles. The van der Waals surface area contributed by atoms with Crippen LogP contribution in [-0.2, 0) is 4.74 Å². The number of ether oxygens (including phenoxy) is 3. The quantitative estimate of drug-likeness (QED) is 0.792. The van der Waals surface area contributed by atoms with Gasteiger partial charge in [-0.3, -0.25) is 0 Å². The lowest BCUT2D eigenvalue weighted by molar-refractivity contribution is 0.0284. The van der Waals surface area contributed by atoms with E-state index in [9.17, 15) is 4.79 Å². The Hall–Kier alpha value is -1.50. The first-order valence-electron chi connectivity index (χ1n) is 7.59. The van der Waals surface area contributed by atoms with E-state index in [1.807, 2.05) is 26.8 Å². The summed E-state index contributed by atoms with van der Waals surface area (Å²) in [5.74, 6) is 1.32. The van der Waals surface area contributed by atoms with Crippen LogP contribution in [0.1, 0.15) is 27.2 Å². The number of aromatic nitrogens is 1. The maximum atomic E-state index is 12.1. The number of likely N-dealkylation sites (tertiary alicyclic amines) is 1. The van der Waals surface area contributed by atoms with Gasteiger partial charge in [0.05, 0.1) is 13.7 Å². The summed E-state index contributed by atoms with van der Waals surface area (Å²) in [6.07, 6.45) is 2.29. The number of methoxy groups -OCH3 is 1. The number of carbonyl (C=O) groups is 1. The van der Waals surface area contributed by atoms with Gasteiger partial charge in [0.2, 0.25) is 0 Å². The lowest BCUT2D eigenvalue weighted by Gasteiger charge is -2.24. The van der Waals surface area contributed by atoms with E-state index in [4.69, 9.17) is 14.2 Å². The van der Waals surface area contributed by atoms with Crippen molar-refractivity contribution >= 4 is 22.0 Å². The van der Waals surface area contributed by atoms with Crippen molar-refractivity contribution in [1.82, 2.24) is 9.88 Å². The maximum absolute atomic E-state index is 12.1. The Morgan fingerprint density at radius 3 is 2.87 bits per heavy atom. The molecule has 1 saturated heterocycles. The Bertz CT molecular complexity index is 560. The van der Waals surface area contributed by atoms with Gasteiger partial charge in [0, 0.05) is 35.7 Å². The summed E-state index contributed by atoms with van der Waals surface area (Å²) in [5, 5.41) is 0. The molecule has 0 unspecified atom stereocenters. The molecule has 1 amide bonds. The summed E-state index contributed by atoms with van der Waals surface area (Å²) in [6, 6.07) is 1.83. The molecule has 7 heteroatoms. The average Bonchev–Trinajstić information content (AvgIpc) is 2.92. The first-order valence-corrected chi connectivity index (χ1v) is 8.38. The van der Waals surface area contributed by atoms with Crippen LogP contribution in [-0.4, -0.2) is 48.4 Å². The molecule has 0 spiro atoms. The molecule has 2 rings (SSSR count). The molecular weight excluding hydrogens is 364 g/mol. The number of hydrogen-bond acceptors (Lipinski definition) is 5. The first-order chi connectivity index (χ1) is 10.8. The van der Waals surface area contributed by atoms with Crippen LogP contribution >= 0.6 is 15.9 Å². The van der Waals surface area contributed by atoms with Gasteiger partial charge in [-0.25, -0.2) is 9.78 Å². The number of rotatable bonds is 4. The summed E-state index contributed by atoms with van der Waals surface area (Å²) in [4.78, 5) is 17.9.